The van der Waals surface area contributed by atoms with Crippen molar-refractivity contribution in [2.45, 2.75) is 23.9 Å². The summed E-state index contributed by atoms with van der Waals surface area (Å²) in [4.78, 5) is 3.79. The largest absolute Gasteiger partial charge is 0.380 e. The van der Waals surface area contributed by atoms with Crippen LogP contribution in [0.1, 0.15) is 12.8 Å². The van der Waals surface area contributed by atoms with E-state index in [-0.39, 0.29) is 16.2 Å². The molecule has 1 aliphatic rings. The highest BCUT2D eigenvalue weighted by Gasteiger charge is 2.26. The molecule has 1 aromatic rings. The normalized spacial score (nSPS) is 21.6. The molecule has 17 heavy (non-hydrogen) atoms. The van der Waals surface area contributed by atoms with E-state index in [9.17, 15) is 8.42 Å². The van der Waals surface area contributed by atoms with Gasteiger partial charge in [-0.15, -0.1) is 0 Å². The summed E-state index contributed by atoms with van der Waals surface area (Å²) in [7, 11) is -2.03. The molecule has 2 rings (SSSR count). The number of aryl methyl sites for hydroxylation is 1. The first-order valence-electron chi connectivity index (χ1n) is 5.27. The van der Waals surface area contributed by atoms with Crippen molar-refractivity contribution in [3.63, 3.8) is 0 Å². The predicted octanol–water partition coefficient (Wildman–Crippen LogP) is 0.531. The van der Waals surface area contributed by atoms with Crippen molar-refractivity contribution in [3.8, 4) is 0 Å². The van der Waals surface area contributed by atoms with E-state index in [1.54, 1.807) is 7.05 Å². The summed E-state index contributed by atoms with van der Waals surface area (Å²) in [6.45, 7) is 1.08. The molecule has 1 N–H and O–H groups in total. The van der Waals surface area contributed by atoms with E-state index in [0.717, 1.165) is 12.8 Å². The fourth-order valence-corrected chi connectivity index (χ4v) is 3.37. The van der Waals surface area contributed by atoms with Crippen LogP contribution in [0.3, 0.4) is 0 Å². The average Bonchev–Trinajstić information content (AvgIpc) is 2.61. The quantitative estimate of drug-likeness (QED) is 0.876. The van der Waals surface area contributed by atoms with Crippen molar-refractivity contribution in [1.29, 1.82) is 0 Å². The molecule has 1 saturated heterocycles. The van der Waals surface area contributed by atoms with Crippen LogP contribution in [0.2, 0.25) is 5.15 Å². The van der Waals surface area contributed by atoms with Crippen LogP contribution in [0.5, 0.6) is 0 Å². The summed E-state index contributed by atoms with van der Waals surface area (Å²) in [5.41, 5.74) is 0. The summed E-state index contributed by atoms with van der Waals surface area (Å²) in [6.07, 6.45) is 2.99. The number of nitrogens with zero attached hydrogens (tertiary/aromatic N) is 2. The Kier molecular flexibility index (Phi) is 3.72. The fraction of sp³-hybridized carbons (Fsp3) is 0.667. The molecule has 6 nitrogen and oxygen atoms in total. The lowest BCUT2D eigenvalue weighted by Gasteiger charge is -2.22. The van der Waals surface area contributed by atoms with Gasteiger partial charge in [-0.25, -0.2) is 18.1 Å². The third-order valence-electron chi connectivity index (χ3n) is 2.57. The summed E-state index contributed by atoms with van der Waals surface area (Å²) in [5.74, 6) is 0. The number of sulfonamides is 1. The zero-order valence-corrected chi connectivity index (χ0v) is 11.0. The molecule has 1 atom stereocenters. The standard InChI is InChI=1S/C9H14ClN3O3S/c1-13-6-11-9(8(13)10)17(14,15)12-7-3-2-4-16-5-7/h6-7,12H,2-5H2,1H3. The second-order valence-corrected chi connectivity index (χ2v) is 5.97. The number of ether oxygens (including phenoxy) is 1. The third kappa shape index (κ3) is 2.79. The van der Waals surface area contributed by atoms with Crippen LogP contribution in [0.4, 0.5) is 0 Å². The van der Waals surface area contributed by atoms with Gasteiger partial charge in [0.15, 0.2) is 0 Å². The number of rotatable bonds is 3. The average molecular weight is 280 g/mol. The van der Waals surface area contributed by atoms with Crippen LogP contribution in [0.15, 0.2) is 11.4 Å². The minimum absolute atomic E-state index is 0.106. The topological polar surface area (TPSA) is 73.2 Å². The Hall–Kier alpha value is -0.630. The molecule has 0 spiro atoms. The Bertz CT molecular complexity index is 494. The molecular formula is C9H14ClN3O3S. The van der Waals surface area contributed by atoms with Gasteiger partial charge in [0.2, 0.25) is 5.03 Å². The molecule has 96 valence electrons. The number of nitrogens with one attached hydrogen (secondary N) is 1. The maximum absolute atomic E-state index is 12.0. The Balaban J connectivity index is 2.16. The predicted molar refractivity (Wildman–Crippen MR) is 62.4 cm³/mol. The molecule has 2 heterocycles. The molecule has 1 aliphatic heterocycles. The van der Waals surface area contributed by atoms with Crippen LogP contribution < -0.4 is 4.72 Å². The van der Waals surface area contributed by atoms with Crippen molar-refractivity contribution in [2.75, 3.05) is 13.2 Å². The highest BCUT2D eigenvalue weighted by atomic mass is 35.5. The summed E-state index contributed by atoms with van der Waals surface area (Å²) < 4.78 is 33.2. The molecule has 0 radical (unpaired) electrons. The van der Waals surface area contributed by atoms with Gasteiger partial charge in [-0.3, -0.25) is 0 Å². The zero-order chi connectivity index (χ0) is 12.5. The number of imidazole rings is 1. The van der Waals surface area contributed by atoms with E-state index in [1.807, 2.05) is 0 Å². The van der Waals surface area contributed by atoms with Gasteiger partial charge in [0, 0.05) is 19.7 Å². The summed E-state index contributed by atoms with van der Waals surface area (Å²) >= 11 is 5.86. The van der Waals surface area contributed by atoms with Gasteiger partial charge in [0.05, 0.1) is 12.9 Å². The van der Waals surface area contributed by atoms with Crippen LogP contribution in [0, 0.1) is 0 Å². The molecule has 0 amide bonds. The van der Waals surface area contributed by atoms with Crippen LogP contribution in [-0.4, -0.2) is 37.2 Å². The van der Waals surface area contributed by atoms with Gasteiger partial charge in [-0.05, 0) is 12.8 Å². The first kappa shape index (κ1) is 12.8. The van der Waals surface area contributed by atoms with E-state index in [2.05, 4.69) is 9.71 Å². The number of halogens is 1. The molecule has 1 unspecified atom stereocenters. The summed E-state index contributed by atoms with van der Waals surface area (Å²) in [6, 6.07) is -0.202. The smallest absolute Gasteiger partial charge is 0.261 e. The SMILES string of the molecule is Cn1cnc(S(=O)(=O)NC2CCCOC2)c1Cl. The zero-order valence-electron chi connectivity index (χ0n) is 9.39. The Morgan fingerprint density at radius 1 is 1.65 bits per heavy atom. The van der Waals surface area contributed by atoms with E-state index < -0.39 is 10.0 Å². The van der Waals surface area contributed by atoms with Gasteiger partial charge in [0.25, 0.3) is 10.0 Å². The fourth-order valence-electron chi connectivity index (χ4n) is 1.68. The maximum atomic E-state index is 12.0. The van der Waals surface area contributed by atoms with E-state index in [1.165, 1.54) is 10.9 Å². The first-order valence-corrected chi connectivity index (χ1v) is 7.14. The highest BCUT2D eigenvalue weighted by molar-refractivity contribution is 7.89. The molecule has 1 aromatic heterocycles. The van der Waals surface area contributed by atoms with Crippen molar-refractivity contribution in [2.24, 2.45) is 7.05 Å². The lowest BCUT2D eigenvalue weighted by atomic mass is 10.1. The molecular weight excluding hydrogens is 266 g/mol. The minimum atomic E-state index is -3.66. The molecule has 1 fully saturated rings. The van der Waals surface area contributed by atoms with Crippen LogP contribution in [-0.2, 0) is 21.8 Å². The molecule has 8 heteroatoms. The molecule has 0 saturated carbocycles. The number of aromatic nitrogens is 2. The monoisotopic (exact) mass is 279 g/mol. The lowest BCUT2D eigenvalue weighted by molar-refractivity contribution is 0.0774. The molecule has 0 bridgehead atoms. The maximum Gasteiger partial charge on any atom is 0.261 e. The van der Waals surface area contributed by atoms with Crippen LogP contribution in [0.25, 0.3) is 0 Å². The molecule has 0 aromatic carbocycles. The van der Waals surface area contributed by atoms with Crippen molar-refractivity contribution >= 4 is 21.6 Å². The number of hydrogen-bond donors (Lipinski definition) is 1. The van der Waals surface area contributed by atoms with Crippen LogP contribution >= 0.6 is 11.6 Å². The second-order valence-electron chi connectivity index (χ2n) is 3.99. The molecule has 0 aliphatic carbocycles. The van der Waals surface area contributed by atoms with E-state index in [0.29, 0.717) is 13.2 Å². The highest BCUT2D eigenvalue weighted by Crippen LogP contribution is 2.19. The van der Waals surface area contributed by atoms with Gasteiger partial charge < -0.3 is 9.30 Å². The van der Waals surface area contributed by atoms with Gasteiger partial charge >= 0.3 is 0 Å². The first-order chi connectivity index (χ1) is 8.00. The van der Waals surface area contributed by atoms with Crippen molar-refractivity contribution in [1.82, 2.24) is 14.3 Å². The summed E-state index contributed by atoms with van der Waals surface area (Å²) in [5, 5.41) is -0.0264. The Labute approximate surface area is 105 Å². The Morgan fingerprint density at radius 2 is 2.41 bits per heavy atom. The van der Waals surface area contributed by atoms with E-state index in [4.69, 9.17) is 16.3 Å². The third-order valence-corrected chi connectivity index (χ3v) is 4.58. The Morgan fingerprint density at radius 3 is 2.94 bits per heavy atom. The van der Waals surface area contributed by atoms with Gasteiger partial charge in [0.1, 0.15) is 5.15 Å². The lowest BCUT2D eigenvalue weighted by Crippen LogP contribution is -2.40. The van der Waals surface area contributed by atoms with Gasteiger partial charge in [-0.2, -0.15) is 0 Å². The second kappa shape index (κ2) is 4.93. The van der Waals surface area contributed by atoms with Crippen molar-refractivity contribution in [3.05, 3.63) is 11.5 Å². The van der Waals surface area contributed by atoms with Crippen molar-refractivity contribution < 1.29 is 13.2 Å². The number of hydrogen-bond acceptors (Lipinski definition) is 4. The van der Waals surface area contributed by atoms with E-state index >= 15 is 0 Å². The minimum Gasteiger partial charge on any atom is -0.380 e. The van der Waals surface area contributed by atoms with Gasteiger partial charge in [-0.1, -0.05) is 11.6 Å².